The highest BCUT2D eigenvalue weighted by Gasteiger charge is 2.38. The molecule has 0 saturated carbocycles. The summed E-state index contributed by atoms with van der Waals surface area (Å²) < 4.78 is 0. The van der Waals surface area contributed by atoms with Crippen molar-refractivity contribution in [2.75, 3.05) is 26.2 Å². The number of piperidine rings is 1. The van der Waals surface area contributed by atoms with Crippen LogP contribution in [0.1, 0.15) is 26.2 Å². The molecule has 0 radical (unpaired) electrons. The van der Waals surface area contributed by atoms with Crippen molar-refractivity contribution in [2.24, 2.45) is 0 Å². The van der Waals surface area contributed by atoms with Gasteiger partial charge in [0.05, 0.1) is 0 Å². The molecule has 0 aromatic carbocycles. The molecule has 0 unspecified atom stereocenters. The van der Waals surface area contributed by atoms with Crippen LogP contribution in [0.25, 0.3) is 0 Å². The normalized spacial score (nSPS) is 30.3. The molecule has 0 amide bonds. The van der Waals surface area contributed by atoms with E-state index in [-0.39, 0.29) is 0 Å². The number of hydrogen-bond donors (Lipinski definition) is 1. The summed E-state index contributed by atoms with van der Waals surface area (Å²) >= 11 is 0. The molecule has 2 nitrogen and oxygen atoms in total. The van der Waals surface area contributed by atoms with E-state index in [1.807, 2.05) is 0 Å². The van der Waals surface area contributed by atoms with Gasteiger partial charge in [0.15, 0.2) is 0 Å². The summed E-state index contributed by atoms with van der Waals surface area (Å²) in [5.41, 5.74) is 0.589. The molecule has 1 spiro atoms. The number of hydrogen-bond acceptors (Lipinski definition) is 2. The van der Waals surface area contributed by atoms with Gasteiger partial charge in [-0.2, -0.15) is 0 Å². The minimum atomic E-state index is 0.589. The average Bonchev–Trinajstić information content (AvgIpc) is 2.02. The maximum atomic E-state index is 3.58. The zero-order valence-electron chi connectivity index (χ0n) is 7.40. The van der Waals surface area contributed by atoms with Crippen molar-refractivity contribution in [2.45, 2.75) is 31.7 Å². The molecule has 2 aliphatic heterocycles. The van der Waals surface area contributed by atoms with Crippen LogP contribution in [0, 0.1) is 0 Å². The first-order valence-corrected chi connectivity index (χ1v) is 4.82. The molecule has 2 fully saturated rings. The monoisotopic (exact) mass is 154 g/mol. The van der Waals surface area contributed by atoms with Gasteiger partial charge in [-0.05, 0) is 45.4 Å². The molecule has 11 heavy (non-hydrogen) atoms. The second-order valence-electron chi connectivity index (χ2n) is 3.89. The van der Waals surface area contributed by atoms with Crippen LogP contribution in [0.4, 0.5) is 0 Å². The van der Waals surface area contributed by atoms with Crippen molar-refractivity contribution in [1.82, 2.24) is 10.2 Å². The van der Waals surface area contributed by atoms with Crippen LogP contribution in [0.2, 0.25) is 0 Å². The topological polar surface area (TPSA) is 15.3 Å². The Hall–Kier alpha value is -0.0800. The van der Waals surface area contributed by atoms with E-state index < -0.39 is 0 Å². The van der Waals surface area contributed by atoms with E-state index in [0.29, 0.717) is 5.54 Å². The molecule has 2 heteroatoms. The Kier molecular flexibility index (Phi) is 1.90. The molecule has 2 heterocycles. The Labute approximate surface area is 69.0 Å². The standard InChI is InChI=1S/C9H18N2/c1-2-11-7-4-9(5-8-11)3-6-10-9/h10H,2-8H2,1H3. The van der Waals surface area contributed by atoms with E-state index in [1.54, 1.807) is 0 Å². The third-order valence-corrected chi connectivity index (χ3v) is 3.36. The lowest BCUT2D eigenvalue weighted by Gasteiger charge is -2.48. The van der Waals surface area contributed by atoms with Crippen molar-refractivity contribution in [1.29, 1.82) is 0 Å². The van der Waals surface area contributed by atoms with Gasteiger partial charge in [-0.25, -0.2) is 0 Å². The van der Waals surface area contributed by atoms with Crippen LogP contribution in [-0.4, -0.2) is 36.6 Å². The summed E-state index contributed by atoms with van der Waals surface area (Å²) in [5, 5.41) is 3.58. The van der Waals surface area contributed by atoms with Crippen LogP contribution in [0.5, 0.6) is 0 Å². The quantitative estimate of drug-likeness (QED) is 0.602. The predicted octanol–water partition coefficient (Wildman–Crippen LogP) is 0.834. The molecule has 0 bridgehead atoms. The highest BCUT2D eigenvalue weighted by atomic mass is 15.2. The first-order chi connectivity index (χ1) is 5.35. The Balaban J connectivity index is 1.84. The van der Waals surface area contributed by atoms with Crippen LogP contribution >= 0.6 is 0 Å². The van der Waals surface area contributed by atoms with Gasteiger partial charge < -0.3 is 10.2 Å². The summed E-state index contributed by atoms with van der Waals surface area (Å²) in [7, 11) is 0. The fraction of sp³-hybridized carbons (Fsp3) is 1.00. The van der Waals surface area contributed by atoms with Crippen molar-refractivity contribution in [3.8, 4) is 0 Å². The van der Waals surface area contributed by atoms with Gasteiger partial charge in [0.2, 0.25) is 0 Å². The molecular formula is C9H18N2. The van der Waals surface area contributed by atoms with Gasteiger partial charge in [0.1, 0.15) is 0 Å². The zero-order chi connectivity index (χ0) is 7.73. The lowest BCUT2D eigenvalue weighted by atomic mass is 9.79. The minimum Gasteiger partial charge on any atom is -0.311 e. The summed E-state index contributed by atoms with van der Waals surface area (Å²) in [5.74, 6) is 0. The third-order valence-electron chi connectivity index (χ3n) is 3.36. The average molecular weight is 154 g/mol. The molecule has 2 rings (SSSR count). The van der Waals surface area contributed by atoms with E-state index in [9.17, 15) is 0 Å². The summed E-state index contributed by atoms with van der Waals surface area (Å²) in [4.78, 5) is 2.55. The molecule has 0 aromatic heterocycles. The van der Waals surface area contributed by atoms with E-state index in [4.69, 9.17) is 0 Å². The molecule has 2 aliphatic rings. The van der Waals surface area contributed by atoms with Gasteiger partial charge in [0.25, 0.3) is 0 Å². The second-order valence-corrected chi connectivity index (χ2v) is 3.89. The number of nitrogens with one attached hydrogen (secondary N) is 1. The van der Waals surface area contributed by atoms with E-state index >= 15 is 0 Å². The Bertz CT molecular complexity index is 130. The predicted molar refractivity (Wildman–Crippen MR) is 46.7 cm³/mol. The smallest absolute Gasteiger partial charge is 0.0217 e. The lowest BCUT2D eigenvalue weighted by Crippen LogP contribution is -2.61. The summed E-state index contributed by atoms with van der Waals surface area (Å²) in [6.07, 6.45) is 4.17. The highest BCUT2D eigenvalue weighted by Crippen LogP contribution is 2.30. The van der Waals surface area contributed by atoms with Crippen LogP contribution in [0.3, 0.4) is 0 Å². The molecule has 0 aromatic rings. The van der Waals surface area contributed by atoms with Gasteiger partial charge in [0, 0.05) is 5.54 Å². The largest absolute Gasteiger partial charge is 0.311 e. The molecule has 0 atom stereocenters. The van der Waals surface area contributed by atoms with Crippen molar-refractivity contribution in [3.05, 3.63) is 0 Å². The Morgan fingerprint density at radius 3 is 2.27 bits per heavy atom. The lowest BCUT2D eigenvalue weighted by molar-refractivity contribution is 0.0882. The van der Waals surface area contributed by atoms with Gasteiger partial charge in [-0.15, -0.1) is 0 Å². The maximum Gasteiger partial charge on any atom is 0.0217 e. The van der Waals surface area contributed by atoms with Crippen molar-refractivity contribution < 1.29 is 0 Å². The summed E-state index contributed by atoms with van der Waals surface area (Å²) in [6, 6.07) is 0. The molecule has 0 aliphatic carbocycles. The Morgan fingerprint density at radius 2 is 1.91 bits per heavy atom. The van der Waals surface area contributed by atoms with E-state index in [2.05, 4.69) is 17.1 Å². The third kappa shape index (κ3) is 1.30. The maximum absolute atomic E-state index is 3.58. The van der Waals surface area contributed by atoms with Crippen molar-refractivity contribution >= 4 is 0 Å². The first-order valence-electron chi connectivity index (χ1n) is 4.82. The number of rotatable bonds is 1. The van der Waals surface area contributed by atoms with Gasteiger partial charge >= 0.3 is 0 Å². The highest BCUT2D eigenvalue weighted by molar-refractivity contribution is 4.99. The van der Waals surface area contributed by atoms with Gasteiger partial charge in [-0.3, -0.25) is 0 Å². The first kappa shape index (κ1) is 7.56. The zero-order valence-corrected chi connectivity index (χ0v) is 7.40. The molecular weight excluding hydrogens is 136 g/mol. The van der Waals surface area contributed by atoms with Crippen LogP contribution in [0.15, 0.2) is 0 Å². The van der Waals surface area contributed by atoms with E-state index in [1.165, 1.54) is 45.4 Å². The molecule has 64 valence electrons. The summed E-state index contributed by atoms with van der Waals surface area (Å²) in [6.45, 7) is 7.36. The van der Waals surface area contributed by atoms with Gasteiger partial charge in [-0.1, -0.05) is 6.92 Å². The van der Waals surface area contributed by atoms with Crippen LogP contribution in [-0.2, 0) is 0 Å². The minimum absolute atomic E-state index is 0.589. The second kappa shape index (κ2) is 2.76. The fourth-order valence-electron chi connectivity index (χ4n) is 2.20. The van der Waals surface area contributed by atoms with Crippen LogP contribution < -0.4 is 5.32 Å². The number of nitrogens with zero attached hydrogens (tertiary/aromatic N) is 1. The molecule has 1 N–H and O–H groups in total. The van der Waals surface area contributed by atoms with E-state index in [0.717, 1.165) is 0 Å². The van der Waals surface area contributed by atoms with Crippen molar-refractivity contribution in [3.63, 3.8) is 0 Å². The SMILES string of the molecule is CCN1CCC2(CCN2)CC1. The fourth-order valence-corrected chi connectivity index (χ4v) is 2.20. The number of likely N-dealkylation sites (tertiary alicyclic amines) is 1. The molecule has 2 saturated heterocycles. The Morgan fingerprint density at radius 1 is 1.27 bits per heavy atom.